The minimum Gasteiger partial charge on any atom is -0.459 e. The average Bonchev–Trinajstić information content (AvgIpc) is 3.48. The Morgan fingerprint density at radius 3 is 2.52 bits per heavy atom. The molecule has 0 spiro atoms. The quantitative estimate of drug-likeness (QED) is 0.485. The molecule has 1 N–H and O–H groups in total. The molecule has 2 aromatic heterocycles. The van der Waals surface area contributed by atoms with Crippen LogP contribution in [-0.4, -0.2) is 41.3 Å². The number of furan rings is 1. The fourth-order valence-corrected chi connectivity index (χ4v) is 4.34. The summed E-state index contributed by atoms with van der Waals surface area (Å²) in [7, 11) is -3.37. The van der Waals surface area contributed by atoms with Gasteiger partial charge >= 0.3 is 5.91 Å². The highest BCUT2D eigenvalue weighted by atomic mass is 32.2. The standard InChI is InChI=1S/C23H19N5O4S/c1-33(30,31)27-17-7-4-15(5-8-17)19-14-21(28(26-19)23(29)22-3-2-12-32-22)16-6-9-18-20(13-16)25-11-10-24-18/h2-13,21,27H,14H2,1H3/t21-/m1/s1. The number of hydrogen-bond acceptors (Lipinski definition) is 7. The van der Waals surface area contributed by atoms with Gasteiger partial charge in [0.15, 0.2) is 5.76 Å². The van der Waals surface area contributed by atoms with Gasteiger partial charge in [-0.1, -0.05) is 18.2 Å². The Morgan fingerprint density at radius 2 is 1.82 bits per heavy atom. The molecule has 1 amide bonds. The number of fused-ring (bicyclic) bond motifs is 1. The molecule has 5 rings (SSSR count). The van der Waals surface area contributed by atoms with Gasteiger partial charge in [-0.25, -0.2) is 13.4 Å². The first-order chi connectivity index (χ1) is 15.9. The minimum atomic E-state index is -3.37. The molecule has 0 bridgehead atoms. The van der Waals surface area contributed by atoms with Crippen molar-refractivity contribution < 1.29 is 17.6 Å². The van der Waals surface area contributed by atoms with E-state index < -0.39 is 10.0 Å². The first kappa shape index (κ1) is 20.8. The second kappa shape index (κ2) is 8.14. The van der Waals surface area contributed by atoms with Crippen LogP contribution in [0.3, 0.4) is 0 Å². The van der Waals surface area contributed by atoms with Crippen LogP contribution in [-0.2, 0) is 10.0 Å². The van der Waals surface area contributed by atoms with Gasteiger partial charge in [-0.05, 0) is 47.5 Å². The number of anilines is 1. The van der Waals surface area contributed by atoms with E-state index in [0.29, 0.717) is 17.8 Å². The lowest BCUT2D eigenvalue weighted by molar-refractivity contribution is 0.0678. The van der Waals surface area contributed by atoms with Crippen molar-refractivity contribution >= 4 is 38.4 Å². The Bertz CT molecular complexity index is 1460. The molecule has 3 heterocycles. The predicted molar refractivity (Wildman–Crippen MR) is 123 cm³/mol. The summed E-state index contributed by atoms with van der Waals surface area (Å²) in [5.74, 6) is -0.159. The first-order valence-corrected chi connectivity index (χ1v) is 12.0. The molecular weight excluding hydrogens is 442 g/mol. The maximum Gasteiger partial charge on any atom is 0.310 e. The predicted octanol–water partition coefficient (Wildman–Crippen LogP) is 3.59. The summed E-state index contributed by atoms with van der Waals surface area (Å²) in [5, 5.41) is 6.05. The summed E-state index contributed by atoms with van der Waals surface area (Å²) in [6, 6.07) is 15.5. The maximum absolute atomic E-state index is 13.2. The second-order valence-electron chi connectivity index (χ2n) is 7.65. The van der Waals surface area contributed by atoms with E-state index in [2.05, 4.69) is 19.8 Å². The number of rotatable bonds is 5. The third-order valence-electron chi connectivity index (χ3n) is 5.25. The zero-order valence-electron chi connectivity index (χ0n) is 17.5. The van der Waals surface area contributed by atoms with Crippen molar-refractivity contribution in [3.63, 3.8) is 0 Å². The van der Waals surface area contributed by atoms with E-state index in [1.807, 2.05) is 18.2 Å². The van der Waals surface area contributed by atoms with Crippen LogP contribution >= 0.6 is 0 Å². The van der Waals surface area contributed by atoms with Crippen molar-refractivity contribution in [3.8, 4) is 0 Å². The van der Waals surface area contributed by atoms with Crippen molar-refractivity contribution in [2.24, 2.45) is 5.10 Å². The fraction of sp³-hybridized carbons (Fsp3) is 0.130. The molecule has 0 aliphatic carbocycles. The van der Waals surface area contributed by atoms with Gasteiger partial charge in [0.2, 0.25) is 10.0 Å². The summed E-state index contributed by atoms with van der Waals surface area (Å²) in [5.41, 5.74) is 4.30. The normalized spacial score (nSPS) is 16.1. The summed E-state index contributed by atoms with van der Waals surface area (Å²) < 4.78 is 30.7. The van der Waals surface area contributed by atoms with Crippen LogP contribution in [0, 0.1) is 0 Å². The van der Waals surface area contributed by atoms with E-state index >= 15 is 0 Å². The molecule has 0 fully saturated rings. The molecule has 0 radical (unpaired) electrons. The molecule has 1 atom stereocenters. The minimum absolute atomic E-state index is 0.193. The molecule has 4 aromatic rings. The van der Waals surface area contributed by atoms with Crippen LogP contribution in [0.4, 0.5) is 5.69 Å². The van der Waals surface area contributed by atoms with Gasteiger partial charge in [0, 0.05) is 24.5 Å². The molecular formula is C23H19N5O4S. The molecule has 166 valence electrons. The Hall–Kier alpha value is -4.05. The van der Waals surface area contributed by atoms with Crippen LogP contribution in [0.15, 0.2) is 82.8 Å². The third kappa shape index (κ3) is 4.33. The van der Waals surface area contributed by atoms with Crippen molar-refractivity contribution in [1.82, 2.24) is 15.0 Å². The smallest absolute Gasteiger partial charge is 0.310 e. The van der Waals surface area contributed by atoms with Gasteiger partial charge in [0.05, 0.1) is 35.3 Å². The second-order valence-corrected chi connectivity index (χ2v) is 9.40. The van der Waals surface area contributed by atoms with Gasteiger partial charge < -0.3 is 4.42 Å². The van der Waals surface area contributed by atoms with Crippen molar-refractivity contribution in [2.45, 2.75) is 12.5 Å². The van der Waals surface area contributed by atoms with E-state index in [4.69, 9.17) is 4.42 Å². The van der Waals surface area contributed by atoms with Crippen molar-refractivity contribution in [2.75, 3.05) is 11.0 Å². The van der Waals surface area contributed by atoms with E-state index in [1.54, 1.807) is 48.8 Å². The summed E-state index contributed by atoms with van der Waals surface area (Å²) in [4.78, 5) is 21.8. The Balaban J connectivity index is 1.50. The number of carbonyl (C=O) groups is 1. The van der Waals surface area contributed by atoms with Gasteiger partial charge in [-0.3, -0.25) is 19.5 Å². The molecule has 10 heteroatoms. The first-order valence-electron chi connectivity index (χ1n) is 10.1. The maximum atomic E-state index is 13.2. The molecule has 33 heavy (non-hydrogen) atoms. The Kier molecular flexibility index (Phi) is 5.14. The number of carbonyl (C=O) groups excluding carboxylic acids is 1. The van der Waals surface area contributed by atoms with Crippen LogP contribution in [0.5, 0.6) is 0 Å². The topological polar surface area (TPSA) is 118 Å². The number of nitrogens with one attached hydrogen (secondary N) is 1. The Morgan fingerprint density at radius 1 is 1.06 bits per heavy atom. The largest absolute Gasteiger partial charge is 0.459 e. The molecule has 0 unspecified atom stereocenters. The van der Waals surface area contributed by atoms with Crippen LogP contribution < -0.4 is 4.72 Å². The average molecular weight is 462 g/mol. The zero-order chi connectivity index (χ0) is 23.0. The number of amides is 1. The van der Waals surface area contributed by atoms with E-state index in [1.165, 1.54) is 11.3 Å². The van der Waals surface area contributed by atoms with Gasteiger partial charge in [0.25, 0.3) is 0 Å². The third-order valence-corrected chi connectivity index (χ3v) is 5.86. The molecule has 0 saturated carbocycles. The Labute approximate surface area is 189 Å². The number of benzene rings is 2. The lowest BCUT2D eigenvalue weighted by Crippen LogP contribution is -2.26. The number of aromatic nitrogens is 2. The van der Waals surface area contributed by atoms with Crippen molar-refractivity contribution in [1.29, 1.82) is 0 Å². The van der Waals surface area contributed by atoms with Gasteiger partial charge in [-0.2, -0.15) is 5.10 Å². The van der Waals surface area contributed by atoms with Crippen LogP contribution in [0.25, 0.3) is 11.0 Å². The lowest BCUT2D eigenvalue weighted by Gasteiger charge is -2.21. The molecule has 2 aromatic carbocycles. The number of hydrogen-bond donors (Lipinski definition) is 1. The van der Waals surface area contributed by atoms with Crippen molar-refractivity contribution in [3.05, 3.63) is 90.1 Å². The highest BCUT2D eigenvalue weighted by Gasteiger charge is 2.35. The zero-order valence-corrected chi connectivity index (χ0v) is 18.4. The monoisotopic (exact) mass is 461 g/mol. The number of sulfonamides is 1. The number of nitrogens with zero attached hydrogens (tertiary/aromatic N) is 4. The van der Waals surface area contributed by atoms with E-state index in [9.17, 15) is 13.2 Å². The van der Waals surface area contributed by atoms with E-state index in [0.717, 1.165) is 28.4 Å². The molecule has 1 aliphatic rings. The summed E-state index contributed by atoms with van der Waals surface area (Å²) >= 11 is 0. The molecule has 1 aliphatic heterocycles. The van der Waals surface area contributed by atoms with Gasteiger partial charge in [0.1, 0.15) is 0 Å². The number of hydrazone groups is 1. The van der Waals surface area contributed by atoms with E-state index in [-0.39, 0.29) is 17.7 Å². The van der Waals surface area contributed by atoms with Crippen LogP contribution in [0.1, 0.15) is 34.1 Å². The lowest BCUT2D eigenvalue weighted by atomic mass is 9.97. The summed E-state index contributed by atoms with van der Waals surface area (Å²) in [6.07, 6.45) is 6.27. The molecule has 0 saturated heterocycles. The van der Waals surface area contributed by atoms with Crippen LogP contribution in [0.2, 0.25) is 0 Å². The molecule has 9 nitrogen and oxygen atoms in total. The highest BCUT2D eigenvalue weighted by molar-refractivity contribution is 7.92. The van der Waals surface area contributed by atoms with Gasteiger partial charge in [-0.15, -0.1) is 0 Å². The summed E-state index contributed by atoms with van der Waals surface area (Å²) in [6.45, 7) is 0. The SMILES string of the molecule is CS(=O)(=O)Nc1ccc(C2=NN(C(=O)c3ccco3)[C@@H](c3ccc4nccnc4c3)C2)cc1. The fourth-order valence-electron chi connectivity index (χ4n) is 3.78. The highest BCUT2D eigenvalue weighted by Crippen LogP contribution is 2.35.